The third kappa shape index (κ3) is 3.22. The molecule has 0 aromatic heterocycles. The Morgan fingerprint density at radius 1 is 1.17 bits per heavy atom. The smallest absolute Gasteiger partial charge is 0.161 e. The predicted molar refractivity (Wildman–Crippen MR) is 98.0 cm³/mol. The van der Waals surface area contributed by atoms with Gasteiger partial charge in [0, 0.05) is 23.2 Å². The number of carbonyl (C=O) groups is 1. The van der Waals surface area contributed by atoms with E-state index in [1.165, 1.54) is 10.6 Å². The largest absolute Gasteiger partial charge is 0.335 e. The van der Waals surface area contributed by atoms with Gasteiger partial charge in [-0.05, 0) is 44.2 Å². The summed E-state index contributed by atoms with van der Waals surface area (Å²) in [5.41, 5.74) is 2.60. The molecular formula is C19H18N2OS. The molecule has 3 rings (SSSR count). The number of anilines is 1. The number of para-hydroxylation sites is 2. The van der Waals surface area contributed by atoms with E-state index in [1.54, 1.807) is 31.0 Å². The van der Waals surface area contributed by atoms with Crippen LogP contribution in [0, 0.1) is 0 Å². The second kappa shape index (κ2) is 6.84. The van der Waals surface area contributed by atoms with E-state index in [0.29, 0.717) is 11.3 Å². The number of Topliss-reactive ketones (excluding diaryl/α,β-unsaturated/α-hetero) is 1. The molecule has 1 aliphatic heterocycles. The highest BCUT2D eigenvalue weighted by atomic mass is 32.2. The van der Waals surface area contributed by atoms with Gasteiger partial charge in [0.15, 0.2) is 5.78 Å². The molecule has 2 aromatic rings. The van der Waals surface area contributed by atoms with Gasteiger partial charge in [-0.3, -0.25) is 9.79 Å². The van der Waals surface area contributed by atoms with Crippen LogP contribution in [0.4, 0.5) is 11.4 Å². The Morgan fingerprint density at radius 2 is 1.91 bits per heavy atom. The van der Waals surface area contributed by atoms with Gasteiger partial charge in [0.25, 0.3) is 0 Å². The summed E-state index contributed by atoms with van der Waals surface area (Å²) >= 11 is 1.74. The summed E-state index contributed by atoms with van der Waals surface area (Å²) in [6.45, 7) is 4.61. The molecule has 1 heterocycles. The van der Waals surface area contributed by atoms with Crippen LogP contribution in [0.2, 0.25) is 0 Å². The number of aliphatic imine (C=N–C) groups is 1. The number of benzene rings is 2. The first kappa shape index (κ1) is 15.6. The number of hydrogen-bond donors (Lipinski definition) is 0. The molecule has 23 heavy (non-hydrogen) atoms. The first-order valence-electron chi connectivity index (χ1n) is 7.59. The molecule has 0 spiro atoms. The van der Waals surface area contributed by atoms with Crippen molar-refractivity contribution in [2.24, 2.45) is 4.99 Å². The lowest BCUT2D eigenvalue weighted by Gasteiger charge is -2.17. The van der Waals surface area contributed by atoms with Crippen molar-refractivity contribution in [3.63, 3.8) is 0 Å². The summed E-state index contributed by atoms with van der Waals surface area (Å²) in [6, 6.07) is 15.8. The standard InChI is InChI=1S/C19H18N2OS/c1-3-21-17-10-6-7-11-18(17)23-19(21)12-13-20-16-9-5-4-8-15(16)14(2)22/h4-13H,3H2,1-2H3/b19-12+,20-13?. The van der Waals surface area contributed by atoms with Crippen molar-refractivity contribution in [3.8, 4) is 0 Å². The maximum atomic E-state index is 11.6. The summed E-state index contributed by atoms with van der Waals surface area (Å²) in [6.07, 6.45) is 3.78. The minimum Gasteiger partial charge on any atom is -0.335 e. The van der Waals surface area contributed by atoms with Gasteiger partial charge in [-0.1, -0.05) is 36.0 Å². The molecule has 1 aliphatic rings. The Bertz CT molecular complexity index is 795. The molecule has 0 atom stereocenters. The summed E-state index contributed by atoms with van der Waals surface area (Å²) < 4.78 is 0. The average molecular weight is 322 g/mol. The maximum Gasteiger partial charge on any atom is 0.161 e. The Hall–Kier alpha value is -2.33. The lowest BCUT2D eigenvalue weighted by molar-refractivity contribution is 0.101. The first-order valence-corrected chi connectivity index (χ1v) is 8.41. The molecule has 0 unspecified atom stereocenters. The van der Waals surface area contributed by atoms with Crippen LogP contribution >= 0.6 is 11.8 Å². The van der Waals surface area contributed by atoms with E-state index >= 15 is 0 Å². The molecule has 0 saturated heterocycles. The second-order valence-corrected chi connectivity index (χ2v) is 6.23. The van der Waals surface area contributed by atoms with E-state index in [4.69, 9.17) is 0 Å². The molecule has 2 aromatic carbocycles. The van der Waals surface area contributed by atoms with Crippen LogP contribution < -0.4 is 4.90 Å². The summed E-state index contributed by atoms with van der Waals surface area (Å²) in [5.74, 6) is 0.0308. The number of nitrogens with zero attached hydrogens (tertiary/aromatic N) is 2. The molecule has 4 heteroatoms. The van der Waals surface area contributed by atoms with E-state index in [9.17, 15) is 4.79 Å². The van der Waals surface area contributed by atoms with Gasteiger partial charge in [-0.2, -0.15) is 0 Å². The van der Waals surface area contributed by atoms with Crippen molar-refractivity contribution in [1.82, 2.24) is 0 Å². The van der Waals surface area contributed by atoms with Crippen LogP contribution in [-0.4, -0.2) is 18.5 Å². The zero-order valence-electron chi connectivity index (χ0n) is 13.2. The number of ketones is 1. The van der Waals surface area contributed by atoms with Gasteiger partial charge >= 0.3 is 0 Å². The molecule has 3 nitrogen and oxygen atoms in total. The van der Waals surface area contributed by atoms with Crippen LogP contribution in [0.5, 0.6) is 0 Å². The van der Waals surface area contributed by atoms with E-state index in [0.717, 1.165) is 11.6 Å². The van der Waals surface area contributed by atoms with Crippen molar-refractivity contribution in [2.45, 2.75) is 18.7 Å². The third-order valence-electron chi connectivity index (χ3n) is 3.67. The summed E-state index contributed by atoms with van der Waals surface area (Å²) in [7, 11) is 0. The quantitative estimate of drug-likeness (QED) is 0.582. The monoisotopic (exact) mass is 322 g/mol. The van der Waals surface area contributed by atoms with Gasteiger partial charge in [0.1, 0.15) is 0 Å². The number of thioether (sulfide) groups is 1. The lowest BCUT2D eigenvalue weighted by atomic mass is 10.1. The fraction of sp³-hybridized carbons (Fsp3) is 0.158. The Balaban J connectivity index is 1.85. The number of hydrogen-bond acceptors (Lipinski definition) is 4. The van der Waals surface area contributed by atoms with Gasteiger partial charge < -0.3 is 4.90 Å². The predicted octanol–water partition coefficient (Wildman–Crippen LogP) is 5.07. The van der Waals surface area contributed by atoms with Crippen LogP contribution in [0.3, 0.4) is 0 Å². The van der Waals surface area contributed by atoms with E-state index in [2.05, 4.69) is 41.1 Å². The average Bonchev–Trinajstić information content (AvgIpc) is 2.92. The fourth-order valence-electron chi connectivity index (χ4n) is 2.57. The van der Waals surface area contributed by atoms with Gasteiger partial charge in [-0.15, -0.1) is 0 Å². The van der Waals surface area contributed by atoms with E-state index < -0.39 is 0 Å². The van der Waals surface area contributed by atoms with Crippen LogP contribution in [0.15, 0.2) is 69.5 Å². The van der Waals surface area contributed by atoms with Crippen molar-refractivity contribution in [1.29, 1.82) is 0 Å². The van der Waals surface area contributed by atoms with Crippen molar-refractivity contribution < 1.29 is 4.79 Å². The Labute approximate surface area is 140 Å². The van der Waals surface area contributed by atoms with Crippen LogP contribution in [0.25, 0.3) is 0 Å². The number of fused-ring (bicyclic) bond motifs is 1. The topological polar surface area (TPSA) is 32.7 Å². The van der Waals surface area contributed by atoms with Crippen molar-refractivity contribution >= 4 is 35.1 Å². The highest BCUT2D eigenvalue weighted by Crippen LogP contribution is 2.45. The Kier molecular flexibility index (Phi) is 4.63. The molecule has 116 valence electrons. The van der Waals surface area contributed by atoms with Crippen LogP contribution in [-0.2, 0) is 0 Å². The highest BCUT2D eigenvalue weighted by Gasteiger charge is 2.22. The zero-order valence-corrected chi connectivity index (χ0v) is 14.0. The highest BCUT2D eigenvalue weighted by molar-refractivity contribution is 8.03. The minimum absolute atomic E-state index is 0.0308. The lowest BCUT2D eigenvalue weighted by Crippen LogP contribution is -2.16. The summed E-state index contributed by atoms with van der Waals surface area (Å²) in [5, 5.41) is 1.15. The number of allylic oxidation sites excluding steroid dienone is 1. The number of rotatable bonds is 4. The maximum absolute atomic E-state index is 11.6. The molecule has 0 aliphatic carbocycles. The third-order valence-corrected chi connectivity index (χ3v) is 4.80. The normalized spacial score (nSPS) is 15.4. The minimum atomic E-state index is 0.0308. The second-order valence-electron chi connectivity index (χ2n) is 5.17. The molecule has 0 radical (unpaired) electrons. The van der Waals surface area contributed by atoms with E-state index in [1.807, 2.05) is 24.3 Å². The molecular weight excluding hydrogens is 304 g/mol. The zero-order chi connectivity index (χ0) is 16.2. The van der Waals surface area contributed by atoms with Crippen LogP contribution in [0.1, 0.15) is 24.2 Å². The molecule has 0 saturated carbocycles. The van der Waals surface area contributed by atoms with Crippen molar-refractivity contribution in [2.75, 3.05) is 11.4 Å². The van der Waals surface area contributed by atoms with Crippen molar-refractivity contribution in [3.05, 3.63) is 65.2 Å². The van der Waals surface area contributed by atoms with Gasteiger partial charge in [0.05, 0.1) is 16.4 Å². The first-order chi connectivity index (χ1) is 11.2. The SMILES string of the molecule is CCN1/C(=C\C=Nc2ccccc2C(C)=O)Sc2ccccc21. The fourth-order valence-corrected chi connectivity index (χ4v) is 3.69. The molecule has 0 N–H and O–H groups in total. The van der Waals surface area contributed by atoms with Gasteiger partial charge in [-0.25, -0.2) is 0 Å². The van der Waals surface area contributed by atoms with E-state index in [-0.39, 0.29) is 5.78 Å². The number of carbonyl (C=O) groups excluding carboxylic acids is 1. The van der Waals surface area contributed by atoms with Gasteiger partial charge in [0.2, 0.25) is 0 Å². The molecule has 0 bridgehead atoms. The molecule has 0 fully saturated rings. The molecule has 0 amide bonds. The summed E-state index contributed by atoms with van der Waals surface area (Å²) in [4.78, 5) is 19.6. The Morgan fingerprint density at radius 3 is 2.70 bits per heavy atom.